The van der Waals surface area contributed by atoms with Crippen LogP contribution in [0.15, 0.2) is 24.3 Å². The SMILES string of the molecule is O=C(O)c1ccccc1C(F)(F)F.[H-].[K+]. The molecule has 2 nitrogen and oxygen atoms in total. The molecule has 0 aromatic heterocycles. The predicted molar refractivity (Wildman–Crippen MR) is 39.5 cm³/mol. The van der Waals surface area contributed by atoms with Crippen LogP contribution in [-0.4, -0.2) is 11.1 Å². The molecule has 0 unspecified atom stereocenters. The van der Waals surface area contributed by atoms with E-state index in [1.54, 1.807) is 0 Å². The van der Waals surface area contributed by atoms with E-state index in [0.717, 1.165) is 18.2 Å². The minimum atomic E-state index is -4.62. The minimum absolute atomic E-state index is 0. The molecule has 0 aliphatic rings. The summed E-state index contributed by atoms with van der Waals surface area (Å²) in [6, 6.07) is 4.06. The van der Waals surface area contributed by atoms with Gasteiger partial charge < -0.3 is 6.53 Å². The Kier molecular flexibility index (Phi) is 5.31. The Morgan fingerprint density at radius 3 is 2.14 bits per heavy atom. The monoisotopic (exact) mass is 230 g/mol. The number of carboxylic acids is 1. The molecule has 0 atom stereocenters. The van der Waals surface area contributed by atoms with Crippen LogP contribution < -0.4 is 51.4 Å². The number of hydrogen-bond donors (Lipinski definition) is 1. The molecular formula is C8H6F3KO2. The van der Waals surface area contributed by atoms with Gasteiger partial charge in [-0.1, -0.05) is 12.1 Å². The second-order valence-corrected chi connectivity index (χ2v) is 2.35. The first kappa shape index (κ1) is 14.1. The molecule has 0 aliphatic carbocycles. The fraction of sp³-hybridized carbons (Fsp3) is 0.125. The minimum Gasteiger partial charge on any atom is -1.00 e. The number of carboxylic acid groups (broad SMARTS) is 1. The van der Waals surface area contributed by atoms with Crippen molar-refractivity contribution in [1.82, 2.24) is 0 Å². The Labute approximate surface area is 122 Å². The summed E-state index contributed by atoms with van der Waals surface area (Å²) in [5.74, 6) is -1.58. The van der Waals surface area contributed by atoms with Crippen LogP contribution in [0.5, 0.6) is 0 Å². The maximum absolute atomic E-state index is 12.1. The summed E-state index contributed by atoms with van der Waals surface area (Å²) in [6.45, 7) is 0. The van der Waals surface area contributed by atoms with E-state index in [1.807, 2.05) is 0 Å². The van der Waals surface area contributed by atoms with Crippen LogP contribution in [0.4, 0.5) is 13.2 Å². The van der Waals surface area contributed by atoms with Crippen molar-refractivity contribution in [3.05, 3.63) is 35.4 Å². The molecule has 14 heavy (non-hydrogen) atoms. The van der Waals surface area contributed by atoms with E-state index in [0.29, 0.717) is 0 Å². The number of rotatable bonds is 1. The van der Waals surface area contributed by atoms with Crippen molar-refractivity contribution >= 4 is 5.97 Å². The fourth-order valence-electron chi connectivity index (χ4n) is 0.917. The van der Waals surface area contributed by atoms with Gasteiger partial charge in [-0.15, -0.1) is 0 Å². The van der Waals surface area contributed by atoms with Gasteiger partial charge in [0.25, 0.3) is 0 Å². The Bertz CT molecular complexity index is 341. The quantitative estimate of drug-likeness (QED) is 0.662. The van der Waals surface area contributed by atoms with Crippen LogP contribution in [0.25, 0.3) is 0 Å². The van der Waals surface area contributed by atoms with Crippen LogP contribution in [0.2, 0.25) is 0 Å². The van der Waals surface area contributed by atoms with E-state index in [2.05, 4.69) is 0 Å². The van der Waals surface area contributed by atoms with Gasteiger partial charge in [0.2, 0.25) is 0 Å². The topological polar surface area (TPSA) is 37.3 Å². The van der Waals surface area contributed by atoms with Crippen molar-refractivity contribution in [3.63, 3.8) is 0 Å². The van der Waals surface area contributed by atoms with Crippen LogP contribution in [-0.2, 0) is 6.18 Å². The van der Waals surface area contributed by atoms with Crippen molar-refractivity contribution in [2.75, 3.05) is 0 Å². The van der Waals surface area contributed by atoms with Crippen molar-refractivity contribution < 1.29 is 75.9 Å². The molecule has 0 radical (unpaired) electrons. The van der Waals surface area contributed by atoms with E-state index in [1.165, 1.54) is 6.07 Å². The van der Waals surface area contributed by atoms with E-state index in [4.69, 9.17) is 5.11 Å². The van der Waals surface area contributed by atoms with Gasteiger partial charge >= 0.3 is 63.5 Å². The second kappa shape index (κ2) is 5.27. The van der Waals surface area contributed by atoms with Crippen molar-refractivity contribution in [2.24, 2.45) is 0 Å². The normalized spacial score (nSPS) is 10.5. The van der Waals surface area contributed by atoms with Crippen LogP contribution in [0.1, 0.15) is 17.3 Å². The molecular weight excluding hydrogens is 224 g/mol. The van der Waals surface area contributed by atoms with E-state index in [-0.39, 0.29) is 52.8 Å². The maximum Gasteiger partial charge on any atom is 1.00 e. The van der Waals surface area contributed by atoms with Crippen LogP contribution in [0, 0.1) is 0 Å². The molecule has 1 N–H and O–H groups in total. The molecule has 0 saturated heterocycles. The van der Waals surface area contributed by atoms with E-state index < -0.39 is 23.3 Å². The van der Waals surface area contributed by atoms with E-state index >= 15 is 0 Å². The third-order valence-electron chi connectivity index (χ3n) is 1.46. The summed E-state index contributed by atoms with van der Waals surface area (Å²) in [4.78, 5) is 10.4. The Balaban J connectivity index is 0. The van der Waals surface area contributed by atoms with Crippen LogP contribution in [0.3, 0.4) is 0 Å². The largest absolute Gasteiger partial charge is 1.00 e. The molecule has 1 aromatic rings. The zero-order valence-electron chi connectivity index (χ0n) is 8.30. The number of hydrogen-bond acceptors (Lipinski definition) is 1. The van der Waals surface area contributed by atoms with Gasteiger partial charge in [-0.05, 0) is 12.1 Å². The third-order valence-corrected chi connectivity index (χ3v) is 1.46. The van der Waals surface area contributed by atoms with Crippen molar-refractivity contribution in [1.29, 1.82) is 0 Å². The van der Waals surface area contributed by atoms with Crippen LogP contribution >= 0.6 is 0 Å². The zero-order chi connectivity index (χ0) is 10.1. The van der Waals surface area contributed by atoms with Gasteiger partial charge in [0.05, 0.1) is 11.1 Å². The van der Waals surface area contributed by atoms with E-state index in [9.17, 15) is 18.0 Å². The third kappa shape index (κ3) is 3.36. The first-order chi connectivity index (χ1) is 5.93. The van der Waals surface area contributed by atoms with Gasteiger partial charge in [0.1, 0.15) is 0 Å². The fourth-order valence-corrected chi connectivity index (χ4v) is 0.917. The second-order valence-electron chi connectivity index (χ2n) is 2.35. The number of benzene rings is 1. The number of alkyl halides is 3. The smallest absolute Gasteiger partial charge is 1.00 e. The number of halogens is 3. The molecule has 0 amide bonds. The Morgan fingerprint density at radius 2 is 1.79 bits per heavy atom. The molecule has 0 fully saturated rings. The van der Waals surface area contributed by atoms with Crippen molar-refractivity contribution in [2.45, 2.75) is 6.18 Å². The van der Waals surface area contributed by atoms with Gasteiger partial charge in [0, 0.05) is 0 Å². The predicted octanol–water partition coefficient (Wildman–Crippen LogP) is -0.480. The summed E-state index contributed by atoms with van der Waals surface area (Å²) in [7, 11) is 0. The number of carbonyl (C=O) groups is 1. The maximum atomic E-state index is 12.1. The Morgan fingerprint density at radius 1 is 1.29 bits per heavy atom. The Hall–Kier alpha value is 0.116. The number of aromatic carboxylic acids is 1. The average molecular weight is 230 g/mol. The molecule has 0 spiro atoms. The summed E-state index contributed by atoms with van der Waals surface area (Å²) in [5, 5.41) is 8.43. The molecule has 0 bridgehead atoms. The van der Waals surface area contributed by atoms with Gasteiger partial charge in [0.15, 0.2) is 0 Å². The molecule has 0 saturated carbocycles. The summed E-state index contributed by atoms with van der Waals surface area (Å²) >= 11 is 0. The molecule has 0 aliphatic heterocycles. The molecule has 72 valence electrons. The first-order valence-corrected chi connectivity index (χ1v) is 3.32. The molecule has 1 aromatic carbocycles. The summed E-state index contributed by atoms with van der Waals surface area (Å²) < 4.78 is 36.4. The standard InChI is InChI=1S/C8H5F3O2.K.H/c9-8(10,11)6-4-2-1-3-5(6)7(12)13;;/h1-4H,(H,12,13);;/q;+1;-1. The molecule has 1 rings (SSSR count). The first-order valence-electron chi connectivity index (χ1n) is 3.32. The van der Waals surface area contributed by atoms with Crippen molar-refractivity contribution in [3.8, 4) is 0 Å². The van der Waals surface area contributed by atoms with Gasteiger partial charge in [-0.3, -0.25) is 0 Å². The zero-order valence-corrected chi connectivity index (χ0v) is 10.4. The van der Waals surface area contributed by atoms with Gasteiger partial charge in [-0.2, -0.15) is 13.2 Å². The van der Waals surface area contributed by atoms with Gasteiger partial charge in [-0.25, -0.2) is 4.79 Å². The summed E-state index contributed by atoms with van der Waals surface area (Å²) in [5.41, 5.74) is -1.85. The summed E-state index contributed by atoms with van der Waals surface area (Å²) in [6.07, 6.45) is -4.62. The molecule has 0 heterocycles. The molecule has 6 heteroatoms. The average Bonchev–Trinajstić information content (AvgIpc) is 2.03.